The summed E-state index contributed by atoms with van der Waals surface area (Å²) in [4.78, 5) is 23.3. The lowest BCUT2D eigenvalue weighted by Crippen LogP contribution is -2.08. The summed E-state index contributed by atoms with van der Waals surface area (Å²) in [5.74, 6) is -1.48. The number of hydrogen-bond acceptors (Lipinski definition) is 4. The fraction of sp³-hybridized carbons (Fsp3) is 0.182. The van der Waals surface area contributed by atoms with E-state index in [2.05, 4.69) is 13.2 Å². The summed E-state index contributed by atoms with van der Waals surface area (Å²) < 4.78 is 24.7. The molecule has 1 unspecified atom stereocenters. The molecule has 0 N–H and O–H groups in total. The highest BCUT2D eigenvalue weighted by atomic mass is 19.1. The molecule has 0 spiro atoms. The second-order valence-electron chi connectivity index (χ2n) is 6.39. The number of hydrogen-bond donors (Lipinski definition) is 0. The molecular weight excluding hydrogens is 347 g/mol. The van der Waals surface area contributed by atoms with Crippen molar-refractivity contribution in [1.29, 1.82) is 0 Å². The number of fused-ring (bicyclic) bond motifs is 1. The number of carbonyl (C=O) groups is 2. The smallest absolute Gasteiger partial charge is 0.338 e. The van der Waals surface area contributed by atoms with Gasteiger partial charge in [-0.25, -0.2) is 14.0 Å². The lowest BCUT2D eigenvalue weighted by atomic mass is 9.96. The van der Waals surface area contributed by atoms with Crippen LogP contribution in [0, 0.1) is 5.82 Å². The third kappa shape index (κ3) is 3.97. The molecule has 0 radical (unpaired) electrons. The Hall–Kier alpha value is -3.21. The van der Waals surface area contributed by atoms with Gasteiger partial charge in [-0.05, 0) is 54.2 Å². The maximum absolute atomic E-state index is 14.1. The molecule has 0 bridgehead atoms. The van der Waals surface area contributed by atoms with Crippen molar-refractivity contribution in [3.8, 4) is 16.9 Å². The summed E-state index contributed by atoms with van der Waals surface area (Å²) in [5.41, 5.74) is 3.52. The Morgan fingerprint density at radius 2 is 2.04 bits per heavy atom. The molecule has 0 saturated heterocycles. The molecule has 1 aliphatic carbocycles. The molecule has 2 aromatic rings. The van der Waals surface area contributed by atoms with Crippen LogP contribution in [0.15, 0.2) is 61.2 Å². The number of ether oxygens (including phenoxy) is 2. The number of benzene rings is 2. The SMILES string of the molecule is C=CC(=O)OC1CCc2c(-c3cc(F)cc(OC(=O)C(=C)C)c3)cccc21. The van der Waals surface area contributed by atoms with Crippen LogP contribution in [0.1, 0.15) is 30.6 Å². The highest BCUT2D eigenvalue weighted by Gasteiger charge is 2.27. The highest BCUT2D eigenvalue weighted by Crippen LogP contribution is 2.40. The summed E-state index contributed by atoms with van der Waals surface area (Å²) in [6, 6.07) is 9.75. The predicted octanol–water partition coefficient (Wildman–Crippen LogP) is 4.69. The molecule has 3 rings (SSSR count). The fourth-order valence-electron chi connectivity index (χ4n) is 3.17. The Kier molecular flexibility index (Phi) is 5.21. The van der Waals surface area contributed by atoms with Gasteiger partial charge >= 0.3 is 11.9 Å². The molecule has 1 aliphatic rings. The van der Waals surface area contributed by atoms with Crippen molar-refractivity contribution >= 4 is 11.9 Å². The normalized spacial score (nSPS) is 15.0. The van der Waals surface area contributed by atoms with Gasteiger partial charge in [0.1, 0.15) is 17.7 Å². The van der Waals surface area contributed by atoms with E-state index in [1.807, 2.05) is 18.2 Å². The van der Waals surface area contributed by atoms with Gasteiger partial charge in [0.2, 0.25) is 0 Å². The van der Waals surface area contributed by atoms with E-state index in [1.165, 1.54) is 13.0 Å². The zero-order valence-corrected chi connectivity index (χ0v) is 15.0. The second-order valence-corrected chi connectivity index (χ2v) is 6.39. The first-order valence-electron chi connectivity index (χ1n) is 8.52. The fourth-order valence-corrected chi connectivity index (χ4v) is 3.17. The van der Waals surface area contributed by atoms with Crippen LogP contribution < -0.4 is 4.74 Å². The lowest BCUT2D eigenvalue weighted by molar-refractivity contribution is -0.143. The van der Waals surface area contributed by atoms with Crippen LogP contribution in [0.4, 0.5) is 4.39 Å². The third-order valence-electron chi connectivity index (χ3n) is 4.38. The van der Waals surface area contributed by atoms with E-state index in [0.717, 1.165) is 28.8 Å². The summed E-state index contributed by atoms with van der Waals surface area (Å²) in [6.45, 7) is 8.46. The number of rotatable bonds is 5. The van der Waals surface area contributed by atoms with Gasteiger partial charge < -0.3 is 9.47 Å². The van der Waals surface area contributed by atoms with Crippen LogP contribution in [0.2, 0.25) is 0 Å². The summed E-state index contributed by atoms with van der Waals surface area (Å²) in [6.07, 6.45) is 2.13. The largest absolute Gasteiger partial charge is 0.454 e. The van der Waals surface area contributed by atoms with Crippen LogP contribution >= 0.6 is 0 Å². The van der Waals surface area contributed by atoms with Gasteiger partial charge in [0, 0.05) is 17.7 Å². The molecule has 0 fully saturated rings. The minimum absolute atomic E-state index is 0.114. The van der Waals surface area contributed by atoms with Crippen LogP contribution in [0.3, 0.4) is 0 Å². The summed E-state index contributed by atoms with van der Waals surface area (Å²) in [5, 5.41) is 0. The molecule has 0 amide bonds. The zero-order chi connectivity index (χ0) is 19.6. The zero-order valence-electron chi connectivity index (χ0n) is 15.0. The van der Waals surface area contributed by atoms with E-state index in [-0.39, 0.29) is 17.4 Å². The number of esters is 2. The molecule has 4 nitrogen and oxygen atoms in total. The van der Waals surface area contributed by atoms with E-state index in [0.29, 0.717) is 18.4 Å². The van der Waals surface area contributed by atoms with Gasteiger partial charge in [-0.2, -0.15) is 0 Å². The van der Waals surface area contributed by atoms with Crippen LogP contribution in [-0.2, 0) is 20.7 Å². The third-order valence-corrected chi connectivity index (χ3v) is 4.38. The lowest BCUT2D eigenvalue weighted by Gasteiger charge is -2.14. The average Bonchev–Trinajstić information content (AvgIpc) is 3.03. The molecule has 138 valence electrons. The van der Waals surface area contributed by atoms with Crippen LogP contribution in [0.5, 0.6) is 5.75 Å². The molecule has 27 heavy (non-hydrogen) atoms. The van der Waals surface area contributed by atoms with E-state index >= 15 is 0 Å². The first kappa shape index (κ1) is 18.6. The van der Waals surface area contributed by atoms with Crippen molar-refractivity contribution in [2.45, 2.75) is 25.9 Å². The molecular formula is C22H19FO4. The minimum atomic E-state index is -0.610. The predicted molar refractivity (Wildman–Crippen MR) is 99.6 cm³/mol. The van der Waals surface area contributed by atoms with Crippen molar-refractivity contribution in [1.82, 2.24) is 0 Å². The summed E-state index contributed by atoms with van der Waals surface area (Å²) >= 11 is 0. The standard InChI is InChI=1S/C22H19FO4/c1-4-21(24)27-20-9-8-18-17(6-5-7-19(18)20)14-10-15(23)12-16(11-14)26-22(25)13(2)3/h4-7,10-12,20H,1-2,8-9H2,3H3. The van der Waals surface area contributed by atoms with Crippen LogP contribution in [0.25, 0.3) is 11.1 Å². The van der Waals surface area contributed by atoms with Crippen LogP contribution in [-0.4, -0.2) is 11.9 Å². The Labute approximate surface area is 156 Å². The van der Waals surface area contributed by atoms with Gasteiger partial charge in [0.05, 0.1) is 0 Å². The Bertz CT molecular complexity index is 945. The number of carbonyl (C=O) groups excluding carboxylic acids is 2. The topological polar surface area (TPSA) is 52.6 Å². The molecule has 5 heteroatoms. The average molecular weight is 366 g/mol. The van der Waals surface area contributed by atoms with E-state index in [9.17, 15) is 14.0 Å². The highest BCUT2D eigenvalue weighted by molar-refractivity contribution is 5.89. The molecule has 1 atom stereocenters. The van der Waals surface area contributed by atoms with Crippen molar-refractivity contribution in [3.05, 3.63) is 78.1 Å². The van der Waals surface area contributed by atoms with Crippen molar-refractivity contribution in [2.24, 2.45) is 0 Å². The van der Waals surface area contributed by atoms with Gasteiger partial charge in [-0.3, -0.25) is 0 Å². The molecule has 0 heterocycles. The monoisotopic (exact) mass is 366 g/mol. The van der Waals surface area contributed by atoms with Gasteiger partial charge in [0.25, 0.3) is 0 Å². The van der Waals surface area contributed by atoms with Crippen molar-refractivity contribution < 1.29 is 23.5 Å². The molecule has 0 aromatic heterocycles. The molecule has 0 saturated carbocycles. The first-order chi connectivity index (χ1) is 12.9. The Balaban J connectivity index is 1.97. The maximum Gasteiger partial charge on any atom is 0.338 e. The first-order valence-corrected chi connectivity index (χ1v) is 8.52. The van der Waals surface area contributed by atoms with Gasteiger partial charge in [0.15, 0.2) is 0 Å². The minimum Gasteiger partial charge on any atom is -0.454 e. The van der Waals surface area contributed by atoms with E-state index in [1.54, 1.807) is 6.07 Å². The second kappa shape index (κ2) is 7.58. The van der Waals surface area contributed by atoms with E-state index < -0.39 is 17.8 Å². The molecule has 0 aliphatic heterocycles. The quantitative estimate of drug-likeness (QED) is 0.438. The van der Waals surface area contributed by atoms with Crippen molar-refractivity contribution in [2.75, 3.05) is 0 Å². The van der Waals surface area contributed by atoms with Gasteiger partial charge in [-0.15, -0.1) is 0 Å². The number of halogens is 1. The Morgan fingerprint density at radius 3 is 2.74 bits per heavy atom. The maximum atomic E-state index is 14.1. The summed E-state index contributed by atoms with van der Waals surface area (Å²) in [7, 11) is 0. The van der Waals surface area contributed by atoms with Crippen molar-refractivity contribution in [3.63, 3.8) is 0 Å². The van der Waals surface area contributed by atoms with Gasteiger partial charge in [-0.1, -0.05) is 31.4 Å². The molecule has 2 aromatic carbocycles. The van der Waals surface area contributed by atoms with E-state index in [4.69, 9.17) is 9.47 Å². The Morgan fingerprint density at radius 1 is 1.26 bits per heavy atom.